The summed E-state index contributed by atoms with van der Waals surface area (Å²) in [5.41, 5.74) is 2.17. The molecule has 1 aromatic heterocycles. The minimum Gasteiger partial charge on any atom is -0.393 e. The first-order chi connectivity index (χ1) is 11.0. The van der Waals surface area contributed by atoms with Crippen LogP contribution >= 0.6 is 11.6 Å². The fraction of sp³-hybridized carbons (Fsp3) is 0.471. The zero-order valence-corrected chi connectivity index (χ0v) is 14.3. The van der Waals surface area contributed by atoms with Crippen LogP contribution in [-0.2, 0) is 6.42 Å². The number of aliphatic hydroxyl groups is 1. The minimum absolute atomic E-state index is 0.180. The first-order valence-corrected chi connectivity index (χ1v) is 8.28. The Hall–Kier alpha value is -1.72. The van der Waals surface area contributed by atoms with Crippen molar-refractivity contribution in [3.63, 3.8) is 0 Å². The number of aromatic nitrogens is 1. The van der Waals surface area contributed by atoms with Gasteiger partial charge in [-0.05, 0) is 49.4 Å². The number of aliphatic hydroxyl groups excluding tert-OH is 1. The Morgan fingerprint density at radius 1 is 1.35 bits per heavy atom. The summed E-state index contributed by atoms with van der Waals surface area (Å²) in [5.74, 6) is 0.247. The molecule has 2 rings (SSSR count). The Balaban J connectivity index is 1.75. The number of halogens is 1. The molecule has 0 radical (unpaired) electrons. The highest BCUT2D eigenvalue weighted by Crippen LogP contribution is 2.22. The van der Waals surface area contributed by atoms with Gasteiger partial charge in [-0.25, -0.2) is 4.79 Å². The van der Waals surface area contributed by atoms with E-state index < -0.39 is 0 Å². The van der Waals surface area contributed by atoms with Crippen LogP contribution in [0.4, 0.5) is 4.79 Å². The fourth-order valence-corrected chi connectivity index (χ4v) is 2.84. The van der Waals surface area contributed by atoms with E-state index in [4.69, 9.17) is 11.6 Å². The van der Waals surface area contributed by atoms with Crippen molar-refractivity contribution >= 4 is 28.5 Å². The minimum atomic E-state index is -0.344. The van der Waals surface area contributed by atoms with E-state index in [1.165, 1.54) is 0 Å². The predicted octanol–water partition coefficient (Wildman–Crippen LogP) is 3.07. The van der Waals surface area contributed by atoms with E-state index in [0.29, 0.717) is 24.5 Å². The van der Waals surface area contributed by atoms with Crippen molar-refractivity contribution in [2.24, 2.45) is 5.92 Å². The number of carbonyl (C=O) groups excluding carboxylic acids is 1. The average Bonchev–Trinajstić information content (AvgIpc) is 2.87. The third-order valence-corrected chi connectivity index (χ3v) is 4.00. The summed E-state index contributed by atoms with van der Waals surface area (Å²) >= 11 is 6.03. The fourth-order valence-electron chi connectivity index (χ4n) is 2.66. The summed E-state index contributed by atoms with van der Waals surface area (Å²) in [6, 6.07) is 5.55. The molecular formula is C17H24ClN3O2. The van der Waals surface area contributed by atoms with Crippen molar-refractivity contribution in [1.82, 2.24) is 15.6 Å². The summed E-state index contributed by atoms with van der Waals surface area (Å²) in [4.78, 5) is 15.0. The summed E-state index contributed by atoms with van der Waals surface area (Å²) in [5, 5.41) is 16.8. The van der Waals surface area contributed by atoms with E-state index in [1.807, 2.05) is 31.3 Å². The quantitative estimate of drug-likeness (QED) is 0.626. The molecule has 0 bridgehead atoms. The second kappa shape index (κ2) is 8.22. The molecule has 4 N–H and O–H groups in total. The van der Waals surface area contributed by atoms with Crippen molar-refractivity contribution in [2.45, 2.75) is 32.8 Å². The lowest BCUT2D eigenvalue weighted by atomic mass is 10.1. The summed E-state index contributed by atoms with van der Waals surface area (Å²) in [7, 11) is 0. The first-order valence-electron chi connectivity index (χ1n) is 7.91. The smallest absolute Gasteiger partial charge is 0.314 e. The summed E-state index contributed by atoms with van der Waals surface area (Å²) in [6.45, 7) is 4.86. The zero-order valence-electron chi connectivity index (χ0n) is 13.5. The Bertz CT molecular complexity index is 654. The van der Waals surface area contributed by atoms with Gasteiger partial charge >= 0.3 is 6.03 Å². The monoisotopic (exact) mass is 337 g/mol. The van der Waals surface area contributed by atoms with Crippen LogP contribution in [-0.4, -0.2) is 35.3 Å². The van der Waals surface area contributed by atoms with E-state index in [-0.39, 0.29) is 18.1 Å². The maximum absolute atomic E-state index is 11.8. The summed E-state index contributed by atoms with van der Waals surface area (Å²) < 4.78 is 0. The number of amides is 2. The molecule has 0 aliphatic heterocycles. The number of benzene rings is 1. The molecule has 126 valence electrons. The second-order valence-electron chi connectivity index (χ2n) is 6.08. The predicted molar refractivity (Wildman–Crippen MR) is 93.9 cm³/mol. The number of carbonyl (C=O) groups is 1. The third kappa shape index (κ3) is 5.44. The van der Waals surface area contributed by atoms with E-state index in [0.717, 1.165) is 22.9 Å². The number of hydrogen-bond donors (Lipinski definition) is 4. The molecule has 23 heavy (non-hydrogen) atoms. The third-order valence-electron chi connectivity index (χ3n) is 3.76. The molecule has 5 nitrogen and oxygen atoms in total. The summed E-state index contributed by atoms with van der Waals surface area (Å²) in [6.07, 6.45) is 3.02. The molecule has 0 spiro atoms. The molecule has 1 heterocycles. The lowest BCUT2D eigenvalue weighted by Crippen LogP contribution is -2.39. The lowest BCUT2D eigenvalue weighted by molar-refractivity contribution is 0.163. The average molecular weight is 338 g/mol. The molecule has 6 heteroatoms. The molecule has 1 aromatic carbocycles. The molecule has 0 aliphatic carbocycles. The Labute approximate surface area is 141 Å². The molecule has 0 fully saturated rings. The van der Waals surface area contributed by atoms with E-state index in [2.05, 4.69) is 15.6 Å². The van der Waals surface area contributed by atoms with Gasteiger partial charge in [-0.2, -0.15) is 0 Å². The second-order valence-corrected chi connectivity index (χ2v) is 6.52. The maximum atomic E-state index is 11.8. The topological polar surface area (TPSA) is 77.2 Å². The highest BCUT2D eigenvalue weighted by atomic mass is 35.5. The molecule has 0 saturated carbocycles. The van der Waals surface area contributed by atoms with Gasteiger partial charge in [-0.1, -0.05) is 18.5 Å². The molecule has 2 atom stereocenters. The van der Waals surface area contributed by atoms with Crippen molar-refractivity contribution in [1.29, 1.82) is 0 Å². The zero-order chi connectivity index (χ0) is 16.8. The standard InChI is InChI=1S/C17H24ClN3O2/c1-11(7-12(2)22)9-21-17(23)19-6-5-13-10-20-16-4-3-14(18)8-15(13)16/h3-4,8,10-12,20,22H,5-7,9H2,1-2H3,(H2,19,21,23). The van der Waals surface area contributed by atoms with Gasteiger partial charge in [0.2, 0.25) is 0 Å². The van der Waals surface area contributed by atoms with Crippen LogP contribution in [0.2, 0.25) is 5.02 Å². The van der Waals surface area contributed by atoms with Gasteiger partial charge in [0.1, 0.15) is 0 Å². The van der Waals surface area contributed by atoms with Crippen LogP contribution in [0.25, 0.3) is 10.9 Å². The highest BCUT2D eigenvalue weighted by Gasteiger charge is 2.09. The van der Waals surface area contributed by atoms with Crippen LogP contribution in [0, 0.1) is 5.92 Å². The number of rotatable bonds is 7. The lowest BCUT2D eigenvalue weighted by Gasteiger charge is -2.14. The highest BCUT2D eigenvalue weighted by molar-refractivity contribution is 6.31. The van der Waals surface area contributed by atoms with Crippen LogP contribution in [0.1, 0.15) is 25.8 Å². The van der Waals surface area contributed by atoms with Gasteiger partial charge in [0.05, 0.1) is 6.10 Å². The largest absolute Gasteiger partial charge is 0.393 e. The van der Waals surface area contributed by atoms with E-state index >= 15 is 0 Å². The first kappa shape index (κ1) is 17.6. The van der Waals surface area contributed by atoms with Crippen molar-refractivity contribution in [2.75, 3.05) is 13.1 Å². The van der Waals surface area contributed by atoms with Crippen molar-refractivity contribution < 1.29 is 9.90 Å². The van der Waals surface area contributed by atoms with Crippen LogP contribution in [0.15, 0.2) is 24.4 Å². The number of fused-ring (bicyclic) bond motifs is 1. The van der Waals surface area contributed by atoms with Crippen molar-refractivity contribution in [3.05, 3.63) is 35.0 Å². The molecular weight excluding hydrogens is 314 g/mol. The van der Waals surface area contributed by atoms with Gasteiger partial charge in [0, 0.05) is 35.2 Å². The van der Waals surface area contributed by atoms with Gasteiger partial charge in [0.25, 0.3) is 0 Å². The number of aromatic amines is 1. The Morgan fingerprint density at radius 2 is 2.13 bits per heavy atom. The number of hydrogen-bond acceptors (Lipinski definition) is 2. The Morgan fingerprint density at radius 3 is 2.87 bits per heavy atom. The number of H-pyrrole nitrogens is 1. The van der Waals surface area contributed by atoms with E-state index in [9.17, 15) is 9.90 Å². The molecule has 2 amide bonds. The van der Waals surface area contributed by atoms with Gasteiger partial charge < -0.3 is 20.7 Å². The van der Waals surface area contributed by atoms with E-state index in [1.54, 1.807) is 6.92 Å². The van der Waals surface area contributed by atoms with Gasteiger partial charge in [0.15, 0.2) is 0 Å². The van der Waals surface area contributed by atoms with Gasteiger partial charge in [-0.15, -0.1) is 0 Å². The normalized spacial score (nSPS) is 13.7. The number of nitrogens with one attached hydrogen (secondary N) is 3. The Kier molecular flexibility index (Phi) is 6.30. The maximum Gasteiger partial charge on any atom is 0.314 e. The van der Waals surface area contributed by atoms with Crippen molar-refractivity contribution in [3.8, 4) is 0 Å². The SMILES string of the molecule is CC(O)CC(C)CNC(=O)NCCc1c[nH]c2ccc(Cl)cc12. The molecule has 2 aromatic rings. The molecule has 0 aliphatic rings. The van der Waals surface area contributed by atoms with Crippen LogP contribution < -0.4 is 10.6 Å². The van der Waals surface area contributed by atoms with Crippen LogP contribution in [0.3, 0.4) is 0 Å². The molecule has 0 saturated heterocycles. The van der Waals surface area contributed by atoms with Gasteiger partial charge in [-0.3, -0.25) is 0 Å². The number of urea groups is 1. The van der Waals surface area contributed by atoms with Crippen LogP contribution in [0.5, 0.6) is 0 Å². The molecule has 2 unspecified atom stereocenters.